The number of methoxy groups -OCH3 is 3. The molecule has 5 atom stereocenters. The van der Waals surface area contributed by atoms with Gasteiger partial charge in [0.05, 0.1) is 44.3 Å². The number of nitrogens with one attached hydrogen (secondary N) is 4. The topological polar surface area (TPSA) is 184 Å². The molecule has 5 aliphatic rings. The minimum atomic E-state index is -0.870. The quantitative estimate of drug-likeness (QED) is 0.124. The number of amides is 4. The molecule has 3 saturated carbocycles. The third-order valence-corrected chi connectivity index (χ3v) is 13.9. The summed E-state index contributed by atoms with van der Waals surface area (Å²) in [5.74, 6) is 1.13. The van der Waals surface area contributed by atoms with Crippen LogP contribution in [0.15, 0.2) is 67.0 Å². The van der Waals surface area contributed by atoms with Gasteiger partial charge in [-0.25, -0.2) is 19.6 Å². The summed E-state index contributed by atoms with van der Waals surface area (Å²) < 4.78 is 15.1. The number of likely N-dealkylation sites (tertiary alicyclic amines) is 2. The number of nitrogens with zero attached hydrogens (tertiary/aromatic N) is 4. The Bertz CT molecular complexity index is 2150. The Morgan fingerprint density at radius 1 is 0.717 bits per heavy atom. The second-order valence-electron chi connectivity index (χ2n) is 16.9. The number of imidazole rings is 2. The van der Waals surface area contributed by atoms with E-state index in [1.54, 1.807) is 6.92 Å². The van der Waals surface area contributed by atoms with Gasteiger partial charge in [0.25, 0.3) is 5.91 Å². The molecule has 9 rings (SSSR count). The Morgan fingerprint density at radius 3 is 1.90 bits per heavy atom. The smallest absolute Gasteiger partial charge is 0.407 e. The molecule has 2 saturated heterocycles. The summed E-state index contributed by atoms with van der Waals surface area (Å²) in [5, 5.41) is 5.39. The monoisotopic (exact) mass is 820 g/mol. The fourth-order valence-electron chi connectivity index (χ4n) is 10.2. The van der Waals surface area contributed by atoms with Crippen LogP contribution in [0.5, 0.6) is 0 Å². The maximum absolute atomic E-state index is 14.0. The summed E-state index contributed by atoms with van der Waals surface area (Å²) in [4.78, 5) is 72.5. The summed E-state index contributed by atoms with van der Waals surface area (Å²) in [5.41, 5.74) is 5.29. The van der Waals surface area contributed by atoms with Crippen molar-refractivity contribution in [3.63, 3.8) is 0 Å². The molecule has 4 amide bonds. The SMILES string of the molecule is COC(=O)NC(C(=O)N1CCCC1c1ncc(-c2ccc(C34CCC(c5cnc(C6CCCN6C(=O)C(NC(=O)OC)C(C)OC)[nH]5)(CC3)CC4)cc2)[nH]1)c1ccccc1. The van der Waals surface area contributed by atoms with Crippen LogP contribution < -0.4 is 10.6 Å². The highest BCUT2D eigenvalue weighted by molar-refractivity contribution is 5.88. The number of aromatic amines is 2. The first-order valence-corrected chi connectivity index (χ1v) is 21.2. The first-order chi connectivity index (χ1) is 29.1. The molecule has 4 heterocycles. The number of aromatic nitrogens is 4. The highest BCUT2D eigenvalue weighted by atomic mass is 16.5. The van der Waals surface area contributed by atoms with Crippen LogP contribution in [0.1, 0.15) is 118 Å². The molecular formula is C45H56N8O7. The van der Waals surface area contributed by atoms with Crippen LogP contribution in [-0.2, 0) is 34.6 Å². The number of carbonyl (C=O) groups is 4. The zero-order valence-corrected chi connectivity index (χ0v) is 34.9. The molecule has 4 N–H and O–H groups in total. The Morgan fingerprint density at radius 2 is 1.28 bits per heavy atom. The van der Waals surface area contributed by atoms with Crippen LogP contribution in [0, 0.1) is 0 Å². The lowest BCUT2D eigenvalue weighted by Crippen LogP contribution is -2.54. The van der Waals surface area contributed by atoms with Crippen LogP contribution in [-0.4, -0.2) is 100 Å². The van der Waals surface area contributed by atoms with Gasteiger partial charge < -0.3 is 44.6 Å². The summed E-state index contributed by atoms with van der Waals surface area (Å²) >= 11 is 0. The Balaban J connectivity index is 0.917. The van der Waals surface area contributed by atoms with Gasteiger partial charge in [-0.15, -0.1) is 0 Å². The lowest BCUT2D eigenvalue weighted by atomic mass is 9.51. The predicted octanol–water partition coefficient (Wildman–Crippen LogP) is 6.53. The van der Waals surface area contributed by atoms with Crippen molar-refractivity contribution < 1.29 is 33.4 Å². The van der Waals surface area contributed by atoms with Gasteiger partial charge in [0.2, 0.25) is 5.91 Å². The van der Waals surface area contributed by atoms with E-state index in [9.17, 15) is 19.2 Å². The van der Waals surface area contributed by atoms with E-state index in [0.29, 0.717) is 18.7 Å². The second kappa shape index (κ2) is 17.1. The summed E-state index contributed by atoms with van der Waals surface area (Å²) in [6, 6.07) is 15.9. The number of benzene rings is 2. The maximum atomic E-state index is 14.0. The number of fused-ring (bicyclic) bond motifs is 3. The molecule has 15 heteroatoms. The molecule has 0 spiro atoms. The van der Waals surface area contributed by atoms with E-state index in [-0.39, 0.29) is 34.7 Å². The van der Waals surface area contributed by atoms with Crippen LogP contribution in [0.25, 0.3) is 11.3 Å². The van der Waals surface area contributed by atoms with E-state index in [1.807, 2.05) is 52.5 Å². The van der Waals surface area contributed by atoms with E-state index < -0.39 is 30.4 Å². The van der Waals surface area contributed by atoms with Crippen molar-refractivity contribution in [3.8, 4) is 11.3 Å². The molecule has 2 aromatic heterocycles. The number of hydrogen-bond donors (Lipinski definition) is 4. The molecule has 15 nitrogen and oxygen atoms in total. The number of hydrogen-bond acceptors (Lipinski definition) is 9. The maximum Gasteiger partial charge on any atom is 0.407 e. The van der Waals surface area contributed by atoms with Gasteiger partial charge in [0.1, 0.15) is 23.7 Å². The van der Waals surface area contributed by atoms with E-state index in [0.717, 1.165) is 92.8 Å². The number of H-pyrrole nitrogens is 2. The average Bonchev–Trinajstić information content (AvgIpc) is 4.15. The van der Waals surface area contributed by atoms with E-state index in [1.165, 1.54) is 26.9 Å². The van der Waals surface area contributed by atoms with E-state index >= 15 is 0 Å². The van der Waals surface area contributed by atoms with Gasteiger partial charge in [0, 0.05) is 37.5 Å². The first-order valence-electron chi connectivity index (χ1n) is 21.2. The number of alkyl carbamates (subject to hydrolysis) is 2. The van der Waals surface area contributed by atoms with Crippen LogP contribution in [0.4, 0.5) is 9.59 Å². The van der Waals surface area contributed by atoms with Crippen molar-refractivity contribution in [3.05, 3.63) is 95.5 Å². The molecule has 5 unspecified atom stereocenters. The van der Waals surface area contributed by atoms with Gasteiger partial charge >= 0.3 is 12.2 Å². The summed E-state index contributed by atoms with van der Waals surface area (Å²) in [7, 11) is 4.09. The number of ether oxygens (including phenoxy) is 3. The molecule has 3 aliphatic carbocycles. The standard InChI is InChI=1S/C45H56N8O7/c1-28(58-2)36(50-42(56)59-3)40(54)52-24-9-13-34(52)39-47-27-35(49-39)45-21-18-44(19-22-45,20-23-45)31-16-14-29(15-17-31)32-26-46-38(48-32)33-12-8-25-53(33)41(55)37(51-43(57)60-4)30-10-6-5-7-11-30/h5-7,10-11,14-17,26-28,33-34,36-37H,8-9,12-13,18-25H2,1-4H3,(H,46,48)(H,47,49)(H,50,56)(H,51,57). The molecular weight excluding hydrogens is 765 g/mol. The third kappa shape index (κ3) is 7.75. The molecule has 4 aromatic rings. The van der Waals surface area contributed by atoms with Crippen molar-refractivity contribution in [2.75, 3.05) is 34.4 Å². The van der Waals surface area contributed by atoms with Crippen molar-refractivity contribution in [2.45, 2.75) is 112 Å². The van der Waals surface area contributed by atoms with Crippen LogP contribution in [0.2, 0.25) is 0 Å². The molecule has 2 aliphatic heterocycles. The highest BCUT2D eigenvalue weighted by Crippen LogP contribution is 2.58. The molecule has 0 radical (unpaired) electrons. The number of rotatable bonds is 12. The highest BCUT2D eigenvalue weighted by Gasteiger charge is 2.51. The van der Waals surface area contributed by atoms with Crippen molar-refractivity contribution in [1.82, 2.24) is 40.4 Å². The zero-order chi connectivity index (χ0) is 42.0. The van der Waals surface area contributed by atoms with Gasteiger partial charge in [0.15, 0.2) is 0 Å². The number of carbonyl (C=O) groups excluding carboxylic acids is 4. The van der Waals surface area contributed by atoms with Gasteiger partial charge in [-0.3, -0.25) is 9.59 Å². The Kier molecular flexibility index (Phi) is 11.7. The molecule has 5 fully saturated rings. The predicted molar refractivity (Wildman–Crippen MR) is 222 cm³/mol. The summed E-state index contributed by atoms with van der Waals surface area (Å²) in [6.07, 6.45) is 11.6. The summed E-state index contributed by atoms with van der Waals surface area (Å²) in [6.45, 7) is 2.91. The zero-order valence-electron chi connectivity index (χ0n) is 34.9. The molecule has 2 aromatic carbocycles. The fraction of sp³-hybridized carbons (Fsp3) is 0.511. The van der Waals surface area contributed by atoms with Crippen LogP contribution in [0.3, 0.4) is 0 Å². The molecule has 60 heavy (non-hydrogen) atoms. The largest absolute Gasteiger partial charge is 0.453 e. The normalized spacial score (nSPS) is 25.1. The minimum Gasteiger partial charge on any atom is -0.453 e. The van der Waals surface area contributed by atoms with Gasteiger partial charge in [-0.2, -0.15) is 0 Å². The molecule has 2 bridgehead atoms. The van der Waals surface area contributed by atoms with Gasteiger partial charge in [-0.05, 0) is 93.2 Å². The van der Waals surface area contributed by atoms with Gasteiger partial charge in [-0.1, -0.05) is 54.6 Å². The van der Waals surface area contributed by atoms with Crippen molar-refractivity contribution in [2.24, 2.45) is 0 Å². The average molecular weight is 821 g/mol. The lowest BCUT2D eigenvalue weighted by Gasteiger charge is -2.53. The second-order valence-corrected chi connectivity index (χ2v) is 16.9. The Labute approximate surface area is 350 Å². The first kappa shape index (κ1) is 41.1. The minimum absolute atomic E-state index is 0.0260. The van der Waals surface area contributed by atoms with Crippen molar-refractivity contribution in [1.29, 1.82) is 0 Å². The van der Waals surface area contributed by atoms with Crippen molar-refractivity contribution >= 4 is 24.0 Å². The molecule has 318 valence electrons. The Hall–Kier alpha value is -5.70. The van der Waals surface area contributed by atoms with E-state index in [2.05, 4.69) is 44.9 Å². The third-order valence-electron chi connectivity index (χ3n) is 13.9. The lowest BCUT2D eigenvalue weighted by molar-refractivity contribution is -0.137. The van der Waals surface area contributed by atoms with Crippen LogP contribution >= 0.6 is 0 Å². The fourth-order valence-corrected chi connectivity index (χ4v) is 10.2. The van der Waals surface area contributed by atoms with E-state index in [4.69, 9.17) is 24.2 Å².